The van der Waals surface area contributed by atoms with Crippen molar-refractivity contribution in [2.45, 2.75) is 50.0 Å². The fourth-order valence-corrected chi connectivity index (χ4v) is 4.72. The van der Waals surface area contributed by atoms with E-state index < -0.39 is 37.3 Å². The number of nitrogens with zero attached hydrogens (tertiary/aromatic N) is 1. The lowest BCUT2D eigenvalue weighted by molar-refractivity contribution is -0.364. The second-order valence-electron chi connectivity index (χ2n) is 8.83. The maximum atomic E-state index is 10.3. The molecule has 182 valence electrons. The third-order valence-electron chi connectivity index (χ3n) is 6.58. The van der Waals surface area contributed by atoms with Crippen molar-refractivity contribution in [2.75, 3.05) is 13.2 Å². The quantitative estimate of drug-likeness (QED) is 0.298. The topological polar surface area (TPSA) is 123 Å². The average Bonchev–Trinajstić information content (AvgIpc) is 3.44. The van der Waals surface area contributed by atoms with Crippen LogP contribution in [0.15, 0.2) is 42.6 Å². The Morgan fingerprint density at radius 2 is 1.94 bits per heavy atom. The number of hydrogen-bond donors (Lipinski definition) is 4. The van der Waals surface area contributed by atoms with Gasteiger partial charge in [0.2, 0.25) is 0 Å². The Balaban J connectivity index is 1.34. The smallest absolute Gasteiger partial charge is 0.188 e. The molecule has 9 nitrogen and oxygen atoms in total. The summed E-state index contributed by atoms with van der Waals surface area (Å²) in [5, 5.41) is 40.7. The van der Waals surface area contributed by atoms with Crippen molar-refractivity contribution in [3.63, 3.8) is 0 Å². The molecular weight excluding hydrogens is 442 g/mol. The third kappa shape index (κ3) is 4.26. The molecule has 2 aliphatic heterocycles. The number of aryl methyl sites for hydroxylation is 3. The molecular formula is C25H29NO8. The summed E-state index contributed by atoms with van der Waals surface area (Å²) in [7, 11) is 1.96. The van der Waals surface area contributed by atoms with Crippen LogP contribution in [0.5, 0.6) is 11.5 Å². The van der Waals surface area contributed by atoms with Crippen LogP contribution < -0.4 is 9.62 Å². The van der Waals surface area contributed by atoms with E-state index in [1.54, 1.807) is 6.07 Å². The molecule has 0 saturated carbocycles. The summed E-state index contributed by atoms with van der Waals surface area (Å²) in [4.78, 5) is 10.9. The number of benzene rings is 2. The Kier molecular flexibility index (Phi) is 6.48. The van der Waals surface area contributed by atoms with Crippen molar-refractivity contribution in [2.24, 2.45) is 7.05 Å². The number of rotatable bonds is 7. The zero-order valence-corrected chi connectivity index (χ0v) is 18.8. The lowest BCUT2D eigenvalue weighted by atomic mass is 9.99. The average molecular weight is 472 g/mol. The third-order valence-corrected chi connectivity index (χ3v) is 6.58. The van der Waals surface area contributed by atoms with Gasteiger partial charge in [0.25, 0.3) is 0 Å². The van der Waals surface area contributed by atoms with Crippen molar-refractivity contribution >= 4 is 10.9 Å². The Labute approximate surface area is 196 Å². The highest BCUT2D eigenvalue weighted by atomic mass is 17.2. The van der Waals surface area contributed by atoms with Crippen molar-refractivity contribution in [3.8, 4) is 11.5 Å². The molecule has 2 aromatic carbocycles. The Morgan fingerprint density at radius 1 is 1.09 bits per heavy atom. The van der Waals surface area contributed by atoms with Crippen molar-refractivity contribution in [3.05, 3.63) is 59.3 Å². The molecule has 1 saturated heterocycles. The normalized spacial score (nSPS) is 26.4. The lowest BCUT2D eigenvalue weighted by Crippen LogP contribution is -2.59. The molecule has 1 aromatic heterocycles. The summed E-state index contributed by atoms with van der Waals surface area (Å²) < 4.78 is 12.7. The first-order chi connectivity index (χ1) is 16.5. The largest absolute Gasteiger partial charge is 0.493 e. The van der Waals surface area contributed by atoms with Crippen LogP contribution in [-0.4, -0.2) is 68.9 Å². The molecule has 0 bridgehead atoms. The summed E-state index contributed by atoms with van der Waals surface area (Å²) in [5.74, 6) is 1.39. The molecule has 0 spiro atoms. The second kappa shape index (κ2) is 9.53. The van der Waals surface area contributed by atoms with E-state index in [0.29, 0.717) is 5.75 Å². The lowest BCUT2D eigenvalue weighted by Gasteiger charge is -2.38. The van der Waals surface area contributed by atoms with Crippen molar-refractivity contribution in [1.29, 1.82) is 0 Å². The van der Waals surface area contributed by atoms with Gasteiger partial charge in [0.15, 0.2) is 18.1 Å². The van der Waals surface area contributed by atoms with Gasteiger partial charge < -0.3 is 39.4 Å². The molecule has 34 heavy (non-hydrogen) atoms. The van der Waals surface area contributed by atoms with E-state index >= 15 is 0 Å². The minimum Gasteiger partial charge on any atom is -0.493 e. The van der Waals surface area contributed by atoms with Crippen LogP contribution in [0.4, 0.5) is 0 Å². The molecule has 0 radical (unpaired) electrons. The highest BCUT2D eigenvalue weighted by molar-refractivity contribution is 5.90. The number of fused-ring (bicyclic) bond motifs is 2. The Hall–Kier alpha value is -2.66. The van der Waals surface area contributed by atoms with E-state index in [1.807, 2.05) is 29.8 Å². The van der Waals surface area contributed by atoms with Gasteiger partial charge in [-0.25, -0.2) is 0 Å². The molecule has 5 rings (SSSR count). The zero-order valence-electron chi connectivity index (χ0n) is 18.8. The van der Waals surface area contributed by atoms with E-state index in [-0.39, 0.29) is 0 Å². The maximum absolute atomic E-state index is 10.3. The summed E-state index contributed by atoms with van der Waals surface area (Å²) in [5.41, 5.74) is 4.48. The summed E-state index contributed by atoms with van der Waals surface area (Å²) in [6.45, 7) is 0.183. The molecule has 2 aliphatic rings. The summed E-state index contributed by atoms with van der Waals surface area (Å²) >= 11 is 0. The second-order valence-corrected chi connectivity index (χ2v) is 8.83. The molecule has 5 atom stereocenters. The zero-order chi connectivity index (χ0) is 23.8. The van der Waals surface area contributed by atoms with Gasteiger partial charge in [-0.2, -0.15) is 4.89 Å². The van der Waals surface area contributed by atoms with Gasteiger partial charge in [-0.3, -0.25) is 0 Å². The fraction of sp³-hybridized carbons (Fsp3) is 0.440. The van der Waals surface area contributed by atoms with Crippen LogP contribution in [0.3, 0.4) is 0 Å². The highest BCUT2D eigenvalue weighted by Crippen LogP contribution is 2.33. The predicted octanol–water partition coefficient (Wildman–Crippen LogP) is 1.01. The highest BCUT2D eigenvalue weighted by Gasteiger charge is 2.45. The number of hydrogen-bond acceptors (Lipinski definition) is 8. The van der Waals surface area contributed by atoms with E-state index in [1.165, 1.54) is 11.1 Å². The summed E-state index contributed by atoms with van der Waals surface area (Å²) in [6.07, 6.45) is -2.37. The van der Waals surface area contributed by atoms with Gasteiger partial charge >= 0.3 is 0 Å². The van der Waals surface area contributed by atoms with Gasteiger partial charge in [-0.1, -0.05) is 18.2 Å². The maximum Gasteiger partial charge on any atom is 0.188 e. The Bertz CT molecular complexity index is 1160. The first kappa shape index (κ1) is 23.1. The van der Waals surface area contributed by atoms with E-state index in [4.69, 9.17) is 19.2 Å². The van der Waals surface area contributed by atoms with E-state index in [9.17, 15) is 20.4 Å². The molecule has 0 amide bonds. The number of ether oxygens (including phenoxy) is 2. The first-order valence-corrected chi connectivity index (χ1v) is 11.4. The van der Waals surface area contributed by atoms with Crippen molar-refractivity contribution in [1.82, 2.24) is 4.57 Å². The molecule has 3 aromatic rings. The van der Waals surface area contributed by atoms with Gasteiger partial charge in [0.1, 0.15) is 24.1 Å². The minimum absolute atomic E-state index is 0.425. The SMILES string of the molecule is Cn1cc(CCc2ccc3c(c2)CCO3)c2c(OO[C@@H]3[C@@H](O)[C@H](O)[C@@H](CO)O[C@H]3O)cccc21. The monoisotopic (exact) mass is 471 g/mol. The van der Waals surface area contributed by atoms with E-state index in [0.717, 1.165) is 48.1 Å². The molecule has 4 N–H and O–H groups in total. The van der Waals surface area contributed by atoms with Crippen LogP contribution in [0, 0.1) is 0 Å². The van der Waals surface area contributed by atoms with Gasteiger partial charge in [0.05, 0.1) is 18.7 Å². The van der Waals surface area contributed by atoms with Gasteiger partial charge in [0, 0.05) is 25.1 Å². The van der Waals surface area contributed by atoms with Gasteiger partial charge in [-0.15, -0.1) is 0 Å². The molecule has 0 aliphatic carbocycles. The number of aliphatic hydroxyl groups excluding tert-OH is 4. The Morgan fingerprint density at radius 3 is 2.76 bits per heavy atom. The van der Waals surface area contributed by atoms with E-state index in [2.05, 4.69) is 18.3 Å². The first-order valence-electron chi connectivity index (χ1n) is 11.4. The molecule has 9 heteroatoms. The fourth-order valence-electron chi connectivity index (χ4n) is 4.72. The number of aromatic nitrogens is 1. The standard InChI is InChI=1S/C25H29NO8/c1-26-12-16(7-5-14-6-8-18-15(11-14)9-10-31-18)21-17(26)3-2-4-19(21)33-34-24-23(29)22(28)20(13-27)32-25(24)30/h2-4,6,8,11-12,20,22-25,27-30H,5,7,9-10,13H2,1H3/t20-,22-,23+,24-,25-/m1/s1. The van der Waals surface area contributed by atoms with Gasteiger partial charge in [-0.05, 0) is 47.7 Å². The molecule has 1 fully saturated rings. The number of aliphatic hydroxyl groups is 4. The van der Waals surface area contributed by atoms with Crippen LogP contribution in [-0.2, 0) is 35.9 Å². The van der Waals surface area contributed by atoms with Crippen molar-refractivity contribution < 1.29 is 39.7 Å². The minimum atomic E-state index is -1.58. The molecule has 3 heterocycles. The van der Waals surface area contributed by atoms with Crippen LogP contribution in [0.1, 0.15) is 16.7 Å². The van der Waals surface area contributed by atoms with Crippen LogP contribution in [0.25, 0.3) is 10.9 Å². The molecule has 0 unspecified atom stereocenters. The summed E-state index contributed by atoms with van der Waals surface area (Å²) in [6, 6.07) is 11.9. The predicted molar refractivity (Wildman–Crippen MR) is 121 cm³/mol. The van der Waals surface area contributed by atoms with Crippen LogP contribution >= 0.6 is 0 Å². The van der Waals surface area contributed by atoms with Crippen LogP contribution in [0.2, 0.25) is 0 Å².